The van der Waals surface area contributed by atoms with E-state index in [4.69, 9.17) is 0 Å². The van der Waals surface area contributed by atoms with Crippen LogP contribution in [0.25, 0.3) is 108 Å². The molecule has 0 saturated heterocycles. The van der Waals surface area contributed by atoms with Crippen molar-refractivity contribution in [1.29, 1.82) is 5.26 Å². The number of nitrogens with one attached hydrogen (secondary N) is 1. The van der Waals surface area contributed by atoms with Crippen molar-refractivity contribution < 1.29 is 9.59 Å². The van der Waals surface area contributed by atoms with Crippen LogP contribution in [-0.4, -0.2) is 11.8 Å². The first-order valence-electron chi connectivity index (χ1n) is 23.7. The predicted octanol–water partition coefficient (Wildman–Crippen LogP) is 16.8. The van der Waals surface area contributed by atoms with Crippen molar-refractivity contribution in [2.75, 3.05) is 10.2 Å². The van der Waals surface area contributed by atoms with Gasteiger partial charge in [0.25, 0.3) is 11.8 Å². The van der Waals surface area contributed by atoms with E-state index in [0.717, 1.165) is 77.0 Å². The van der Waals surface area contributed by atoms with E-state index in [-0.39, 0.29) is 23.7 Å². The Hall–Kier alpha value is -8.33. The van der Waals surface area contributed by atoms with E-state index in [9.17, 15) is 5.26 Å². The molecule has 13 aromatic carbocycles. The van der Waals surface area contributed by atoms with Crippen molar-refractivity contribution in [2.24, 2.45) is 0 Å². The summed E-state index contributed by atoms with van der Waals surface area (Å²) in [4.78, 5) is 31.7. The first kappa shape index (κ1) is 38.9. The van der Waals surface area contributed by atoms with Crippen molar-refractivity contribution in [1.82, 2.24) is 0 Å². The van der Waals surface area contributed by atoms with Crippen LogP contribution in [0.3, 0.4) is 0 Å². The van der Waals surface area contributed by atoms with Gasteiger partial charge >= 0.3 is 0 Å². The molecule has 0 unspecified atom stereocenters. The first-order chi connectivity index (χ1) is 33.0. The maximum absolute atomic E-state index is 15.1. The summed E-state index contributed by atoms with van der Waals surface area (Å²) in [6, 6.07) is 49.7. The van der Waals surface area contributed by atoms with E-state index in [1.807, 2.05) is 30.3 Å². The Balaban J connectivity index is 1.02. The second-order valence-corrected chi connectivity index (χ2v) is 19.9. The Labute approximate surface area is 391 Å². The normalized spacial score (nSPS) is 13.4. The highest BCUT2D eigenvalue weighted by atomic mass is 16.2. The number of imide groups is 1. The number of nitrogens with zero attached hydrogens (tertiary/aromatic N) is 2. The number of carbonyl (C=O) groups is 2. The number of rotatable bonds is 5. The van der Waals surface area contributed by atoms with Gasteiger partial charge in [-0.15, -0.1) is 0 Å². The zero-order chi connectivity index (χ0) is 46.2. The number of hydrogen-bond donors (Lipinski definition) is 1. The fraction of sp³-hybridized carbons (Fsp3) is 0.127. The second kappa shape index (κ2) is 13.4. The van der Waals surface area contributed by atoms with Gasteiger partial charge in [0.2, 0.25) is 0 Å². The van der Waals surface area contributed by atoms with Crippen molar-refractivity contribution in [3.8, 4) is 6.07 Å². The molecule has 0 aromatic heterocycles. The minimum Gasteiger partial charge on any atom is -0.355 e. The number of aryl methyl sites for hydroxylation is 2. The van der Waals surface area contributed by atoms with E-state index >= 15 is 9.59 Å². The number of carbonyl (C=O) groups excluding carboxylic acids is 2. The Morgan fingerprint density at radius 3 is 1.34 bits per heavy atom. The molecule has 1 heterocycles. The Bertz CT molecular complexity index is 4270. The molecule has 0 fully saturated rings. The minimum absolute atomic E-state index is 0.119. The number of para-hydroxylation sites is 1. The molecule has 0 spiro atoms. The lowest BCUT2D eigenvalue weighted by molar-refractivity contribution is 0.0892. The van der Waals surface area contributed by atoms with E-state index in [0.29, 0.717) is 16.7 Å². The lowest BCUT2D eigenvalue weighted by atomic mass is 9.78. The standard InChI is InChI=1S/C63H43N3O2/c1-30(2)36-9-7-10-37(31(3)4)61(36)66-62(67)49-27-32(5)52-47-23-21-44-42-19-17-40-38-11-8-12-46-51(65-35-15-13-34(29-64)14-16-35)26-25-39(54(38)46)41-18-20-43(56(42)55(40)41)45-22-24-48(58(47)57(44)45)53-33(6)28-50(63(66)68)59(49)60(52)53/h7-28,30-31,65H,1-6H3. The highest BCUT2D eigenvalue weighted by molar-refractivity contribution is 6.48. The molecular weight excluding hydrogens is 831 g/mol. The van der Waals surface area contributed by atoms with Crippen LogP contribution in [0.4, 0.5) is 17.1 Å². The molecular formula is C63H43N3O2. The van der Waals surface area contributed by atoms with Crippen molar-refractivity contribution in [2.45, 2.75) is 53.4 Å². The third kappa shape index (κ3) is 4.79. The van der Waals surface area contributed by atoms with Crippen LogP contribution in [0, 0.1) is 25.2 Å². The van der Waals surface area contributed by atoms with Crippen molar-refractivity contribution >= 4 is 137 Å². The number of hydrogen-bond acceptors (Lipinski definition) is 4. The topological polar surface area (TPSA) is 73.2 Å². The smallest absolute Gasteiger partial charge is 0.266 e. The zero-order valence-electron chi connectivity index (χ0n) is 38.6. The zero-order valence-corrected chi connectivity index (χ0v) is 38.6. The largest absolute Gasteiger partial charge is 0.355 e. The molecule has 0 aliphatic carbocycles. The Morgan fingerprint density at radius 1 is 0.441 bits per heavy atom. The molecule has 5 heteroatoms. The highest BCUT2D eigenvalue weighted by Crippen LogP contribution is 2.53. The molecule has 2 amide bonds. The van der Waals surface area contributed by atoms with Gasteiger partial charge in [-0.25, -0.2) is 4.90 Å². The fourth-order valence-corrected chi connectivity index (χ4v) is 12.7. The third-order valence-electron chi connectivity index (χ3n) is 15.6. The summed E-state index contributed by atoms with van der Waals surface area (Å²) >= 11 is 0. The van der Waals surface area contributed by atoms with E-state index in [1.165, 1.54) is 74.9 Å². The molecule has 1 N–H and O–H groups in total. The quantitative estimate of drug-likeness (QED) is 0.106. The van der Waals surface area contributed by atoms with Gasteiger partial charge in [-0.1, -0.05) is 119 Å². The number of anilines is 3. The van der Waals surface area contributed by atoms with Crippen LogP contribution in [-0.2, 0) is 0 Å². The maximum atomic E-state index is 15.1. The molecule has 5 nitrogen and oxygen atoms in total. The summed E-state index contributed by atoms with van der Waals surface area (Å²) in [6.07, 6.45) is 0. The van der Waals surface area contributed by atoms with Crippen LogP contribution in [0.1, 0.15) is 88.1 Å². The molecule has 14 rings (SSSR count). The molecule has 322 valence electrons. The Kier molecular flexibility index (Phi) is 7.66. The third-order valence-corrected chi connectivity index (χ3v) is 15.6. The molecule has 1 aliphatic heterocycles. The van der Waals surface area contributed by atoms with Crippen molar-refractivity contribution in [3.63, 3.8) is 0 Å². The maximum Gasteiger partial charge on any atom is 0.266 e. The lowest BCUT2D eigenvalue weighted by Crippen LogP contribution is -2.42. The molecule has 68 heavy (non-hydrogen) atoms. The average molecular weight is 874 g/mol. The minimum atomic E-state index is -0.256. The summed E-state index contributed by atoms with van der Waals surface area (Å²) in [6.45, 7) is 12.8. The van der Waals surface area contributed by atoms with E-state index in [2.05, 4.69) is 156 Å². The summed E-state index contributed by atoms with van der Waals surface area (Å²) < 4.78 is 0. The van der Waals surface area contributed by atoms with Gasteiger partial charge in [0.1, 0.15) is 0 Å². The monoisotopic (exact) mass is 873 g/mol. The number of benzene rings is 13. The van der Waals surface area contributed by atoms with Crippen LogP contribution < -0.4 is 10.2 Å². The SMILES string of the molecule is Cc1cc2c3c(cc(C)c4c5ccc6c7ccc8c9ccc(Nc%10ccc(C#N)cc%10)c%10cccc(c%11ccc(c%12ccc(c1c34)c5c%126)c7c%118)c%109)C(=O)N(c1c(C(C)C)cccc1C(C)C)C2=O. The number of fused-ring (bicyclic) bond motifs is 6. The van der Waals surface area contributed by atoms with Crippen LogP contribution in [0.5, 0.6) is 0 Å². The molecule has 0 saturated carbocycles. The summed E-state index contributed by atoms with van der Waals surface area (Å²) in [5.74, 6) is -0.273. The van der Waals surface area contributed by atoms with Gasteiger partial charge in [0.05, 0.1) is 17.3 Å². The molecule has 0 atom stereocenters. The number of amides is 2. The van der Waals surface area contributed by atoms with Gasteiger partial charge in [0.15, 0.2) is 0 Å². The molecule has 1 aliphatic rings. The van der Waals surface area contributed by atoms with Gasteiger partial charge in [-0.3, -0.25) is 9.59 Å². The van der Waals surface area contributed by atoms with Crippen molar-refractivity contribution in [3.05, 3.63) is 172 Å². The summed E-state index contributed by atoms with van der Waals surface area (Å²) in [5, 5.41) is 36.5. The molecule has 13 aromatic rings. The highest BCUT2D eigenvalue weighted by Gasteiger charge is 2.39. The van der Waals surface area contributed by atoms with Gasteiger partial charge in [-0.05, 0) is 187 Å². The molecule has 0 bridgehead atoms. The second-order valence-electron chi connectivity index (χ2n) is 19.9. The van der Waals surface area contributed by atoms with Gasteiger partial charge in [0, 0.05) is 33.3 Å². The van der Waals surface area contributed by atoms with Gasteiger partial charge < -0.3 is 5.32 Å². The number of nitriles is 1. The fourth-order valence-electron chi connectivity index (χ4n) is 12.7. The van der Waals surface area contributed by atoms with E-state index < -0.39 is 0 Å². The summed E-state index contributed by atoms with van der Waals surface area (Å²) in [7, 11) is 0. The molecule has 0 radical (unpaired) electrons. The van der Waals surface area contributed by atoms with Gasteiger partial charge in [-0.2, -0.15) is 5.26 Å². The summed E-state index contributed by atoms with van der Waals surface area (Å²) in [5.41, 5.74) is 8.56. The Morgan fingerprint density at radius 2 is 0.853 bits per heavy atom. The first-order valence-corrected chi connectivity index (χ1v) is 23.7. The lowest BCUT2D eigenvalue weighted by Gasteiger charge is -2.33. The average Bonchev–Trinajstić information content (AvgIpc) is 3.35. The van der Waals surface area contributed by atoms with Crippen LogP contribution in [0.15, 0.2) is 133 Å². The predicted molar refractivity (Wildman–Crippen MR) is 285 cm³/mol. The van der Waals surface area contributed by atoms with E-state index in [1.54, 1.807) is 0 Å². The van der Waals surface area contributed by atoms with Crippen LogP contribution >= 0.6 is 0 Å². The van der Waals surface area contributed by atoms with Crippen LogP contribution in [0.2, 0.25) is 0 Å².